The second kappa shape index (κ2) is 4.59. The molecule has 2 rings (SSSR count). The van der Waals surface area contributed by atoms with E-state index in [-0.39, 0.29) is 0 Å². The molecule has 1 aromatic carbocycles. The van der Waals surface area contributed by atoms with Gasteiger partial charge in [0.25, 0.3) is 0 Å². The standard InChI is InChI=1S/C13H12F2N2/c1-8-2-10(7-17-6-8)13(16)9-3-11(14)5-12(15)4-9/h2-7,13H,16H2,1H3. The Morgan fingerprint density at radius 2 is 1.65 bits per heavy atom. The number of hydrogen-bond acceptors (Lipinski definition) is 2. The Hall–Kier alpha value is -1.81. The minimum Gasteiger partial charge on any atom is -0.320 e. The van der Waals surface area contributed by atoms with Gasteiger partial charge in [0.2, 0.25) is 0 Å². The summed E-state index contributed by atoms with van der Waals surface area (Å²) < 4.78 is 26.1. The minimum atomic E-state index is -0.629. The third kappa shape index (κ3) is 2.65. The Balaban J connectivity index is 2.39. The molecule has 0 saturated carbocycles. The highest BCUT2D eigenvalue weighted by molar-refractivity contribution is 5.31. The van der Waals surface area contributed by atoms with Crippen molar-refractivity contribution >= 4 is 0 Å². The first kappa shape index (κ1) is 11.7. The topological polar surface area (TPSA) is 38.9 Å². The van der Waals surface area contributed by atoms with E-state index in [1.54, 1.807) is 12.4 Å². The highest BCUT2D eigenvalue weighted by Gasteiger charge is 2.11. The fraction of sp³-hybridized carbons (Fsp3) is 0.154. The van der Waals surface area contributed by atoms with E-state index >= 15 is 0 Å². The zero-order chi connectivity index (χ0) is 12.4. The van der Waals surface area contributed by atoms with Crippen LogP contribution in [0.25, 0.3) is 0 Å². The normalized spacial score (nSPS) is 12.5. The molecular weight excluding hydrogens is 222 g/mol. The fourth-order valence-corrected chi connectivity index (χ4v) is 1.70. The Bertz CT molecular complexity index is 520. The van der Waals surface area contributed by atoms with Crippen LogP contribution in [-0.2, 0) is 0 Å². The van der Waals surface area contributed by atoms with Crippen molar-refractivity contribution in [2.45, 2.75) is 13.0 Å². The van der Waals surface area contributed by atoms with E-state index < -0.39 is 17.7 Å². The van der Waals surface area contributed by atoms with E-state index in [4.69, 9.17) is 5.73 Å². The van der Waals surface area contributed by atoms with Gasteiger partial charge in [0.05, 0.1) is 6.04 Å². The molecule has 0 saturated heterocycles. The third-order valence-electron chi connectivity index (χ3n) is 2.50. The van der Waals surface area contributed by atoms with Gasteiger partial charge in [-0.25, -0.2) is 8.78 Å². The molecule has 1 unspecified atom stereocenters. The molecule has 2 aromatic rings. The summed E-state index contributed by atoms with van der Waals surface area (Å²) in [5.74, 6) is -1.26. The predicted molar refractivity (Wildman–Crippen MR) is 61.4 cm³/mol. The lowest BCUT2D eigenvalue weighted by molar-refractivity contribution is 0.577. The van der Waals surface area contributed by atoms with Crippen molar-refractivity contribution in [2.24, 2.45) is 5.73 Å². The number of nitrogens with two attached hydrogens (primary N) is 1. The number of rotatable bonds is 2. The number of benzene rings is 1. The Kier molecular flexibility index (Phi) is 3.15. The van der Waals surface area contributed by atoms with Crippen molar-refractivity contribution in [3.8, 4) is 0 Å². The van der Waals surface area contributed by atoms with Crippen LogP contribution in [0.3, 0.4) is 0 Å². The van der Waals surface area contributed by atoms with E-state index in [2.05, 4.69) is 4.98 Å². The maximum Gasteiger partial charge on any atom is 0.126 e. The summed E-state index contributed by atoms with van der Waals surface area (Å²) in [4.78, 5) is 4.01. The van der Waals surface area contributed by atoms with Gasteiger partial charge in [-0.05, 0) is 35.7 Å². The van der Waals surface area contributed by atoms with Gasteiger partial charge in [-0.1, -0.05) is 6.07 Å². The number of pyridine rings is 1. The Morgan fingerprint density at radius 1 is 1.00 bits per heavy atom. The first-order chi connectivity index (χ1) is 8.06. The highest BCUT2D eigenvalue weighted by atomic mass is 19.1. The monoisotopic (exact) mass is 234 g/mol. The van der Waals surface area contributed by atoms with E-state index in [9.17, 15) is 8.78 Å². The summed E-state index contributed by atoms with van der Waals surface area (Å²) in [6.07, 6.45) is 3.29. The van der Waals surface area contributed by atoms with Crippen LogP contribution < -0.4 is 5.73 Å². The molecule has 0 spiro atoms. The molecule has 2 nitrogen and oxygen atoms in total. The molecule has 2 N–H and O–H groups in total. The SMILES string of the molecule is Cc1cncc(C(N)c2cc(F)cc(F)c2)c1. The van der Waals surface area contributed by atoms with Crippen molar-refractivity contribution in [1.82, 2.24) is 4.98 Å². The van der Waals surface area contributed by atoms with Crippen LogP contribution in [0.15, 0.2) is 36.7 Å². The maximum absolute atomic E-state index is 13.1. The molecule has 0 aliphatic carbocycles. The van der Waals surface area contributed by atoms with E-state index in [1.165, 1.54) is 12.1 Å². The van der Waals surface area contributed by atoms with Crippen molar-refractivity contribution in [1.29, 1.82) is 0 Å². The largest absolute Gasteiger partial charge is 0.320 e. The predicted octanol–water partition coefficient (Wildman–Crippen LogP) is 2.72. The molecule has 1 atom stereocenters. The smallest absolute Gasteiger partial charge is 0.126 e. The number of hydrogen-bond donors (Lipinski definition) is 1. The Morgan fingerprint density at radius 3 is 2.24 bits per heavy atom. The summed E-state index contributed by atoms with van der Waals surface area (Å²) in [5.41, 5.74) is 8.03. The van der Waals surface area contributed by atoms with Crippen molar-refractivity contribution < 1.29 is 8.78 Å². The average Bonchev–Trinajstić information content (AvgIpc) is 2.26. The van der Waals surface area contributed by atoms with E-state index in [0.29, 0.717) is 5.56 Å². The molecule has 0 amide bonds. The van der Waals surface area contributed by atoms with Crippen LogP contribution in [0.2, 0.25) is 0 Å². The molecule has 0 fully saturated rings. The second-order valence-electron chi connectivity index (χ2n) is 3.98. The first-order valence-corrected chi connectivity index (χ1v) is 5.19. The molecule has 1 heterocycles. The lowest BCUT2D eigenvalue weighted by Crippen LogP contribution is -2.13. The minimum absolute atomic E-state index is 0.398. The van der Waals surface area contributed by atoms with E-state index in [1.807, 2.05) is 13.0 Å². The summed E-state index contributed by atoms with van der Waals surface area (Å²) >= 11 is 0. The zero-order valence-corrected chi connectivity index (χ0v) is 9.32. The summed E-state index contributed by atoms with van der Waals surface area (Å²) in [6, 6.07) is 4.56. The maximum atomic E-state index is 13.1. The molecule has 0 bridgehead atoms. The summed E-state index contributed by atoms with van der Waals surface area (Å²) in [7, 11) is 0. The van der Waals surface area contributed by atoms with Crippen molar-refractivity contribution in [3.05, 3.63) is 65.0 Å². The van der Waals surface area contributed by atoms with Gasteiger partial charge in [0, 0.05) is 18.5 Å². The van der Waals surface area contributed by atoms with Gasteiger partial charge in [-0.3, -0.25) is 4.98 Å². The van der Waals surface area contributed by atoms with Crippen LogP contribution in [-0.4, -0.2) is 4.98 Å². The summed E-state index contributed by atoms with van der Waals surface area (Å²) in [6.45, 7) is 1.88. The molecule has 0 aliphatic rings. The van der Waals surface area contributed by atoms with Crippen molar-refractivity contribution in [3.63, 3.8) is 0 Å². The highest BCUT2D eigenvalue weighted by Crippen LogP contribution is 2.21. The van der Waals surface area contributed by atoms with Gasteiger partial charge in [0.1, 0.15) is 11.6 Å². The molecule has 0 aliphatic heterocycles. The first-order valence-electron chi connectivity index (χ1n) is 5.19. The number of nitrogens with zero attached hydrogens (tertiary/aromatic N) is 1. The third-order valence-corrected chi connectivity index (χ3v) is 2.50. The molecule has 17 heavy (non-hydrogen) atoms. The molecule has 1 aromatic heterocycles. The number of aryl methyl sites for hydroxylation is 1. The van der Waals surface area contributed by atoms with Crippen LogP contribution >= 0.6 is 0 Å². The van der Waals surface area contributed by atoms with Gasteiger partial charge < -0.3 is 5.73 Å². The van der Waals surface area contributed by atoms with Crippen LogP contribution in [0, 0.1) is 18.6 Å². The summed E-state index contributed by atoms with van der Waals surface area (Å²) in [5, 5.41) is 0. The lowest BCUT2D eigenvalue weighted by Gasteiger charge is -2.12. The van der Waals surface area contributed by atoms with E-state index in [0.717, 1.165) is 17.2 Å². The second-order valence-corrected chi connectivity index (χ2v) is 3.98. The van der Waals surface area contributed by atoms with Gasteiger partial charge in [-0.2, -0.15) is 0 Å². The molecular formula is C13H12F2N2. The molecule has 4 heteroatoms. The Labute approximate surface area is 98.1 Å². The number of halogens is 2. The van der Waals surface area contributed by atoms with Crippen molar-refractivity contribution in [2.75, 3.05) is 0 Å². The average molecular weight is 234 g/mol. The fourth-order valence-electron chi connectivity index (χ4n) is 1.70. The molecule has 0 radical (unpaired) electrons. The van der Waals surface area contributed by atoms with Gasteiger partial charge >= 0.3 is 0 Å². The zero-order valence-electron chi connectivity index (χ0n) is 9.32. The van der Waals surface area contributed by atoms with Crippen LogP contribution in [0.4, 0.5) is 8.78 Å². The lowest BCUT2D eigenvalue weighted by atomic mass is 10.00. The van der Waals surface area contributed by atoms with Gasteiger partial charge in [-0.15, -0.1) is 0 Å². The van der Waals surface area contributed by atoms with Gasteiger partial charge in [0.15, 0.2) is 0 Å². The van der Waals surface area contributed by atoms with Crippen LogP contribution in [0.5, 0.6) is 0 Å². The number of aromatic nitrogens is 1. The quantitative estimate of drug-likeness (QED) is 0.867. The van der Waals surface area contributed by atoms with Crippen LogP contribution in [0.1, 0.15) is 22.7 Å². The molecule has 88 valence electrons.